The van der Waals surface area contributed by atoms with Gasteiger partial charge in [-0.25, -0.2) is 0 Å². The zero-order valence-electron chi connectivity index (χ0n) is 14.9. The lowest BCUT2D eigenvalue weighted by Crippen LogP contribution is -2.14. The molecule has 25 heavy (non-hydrogen) atoms. The van der Waals surface area contributed by atoms with Gasteiger partial charge in [0.25, 0.3) is 0 Å². The van der Waals surface area contributed by atoms with Crippen molar-refractivity contribution in [3.8, 4) is 0 Å². The van der Waals surface area contributed by atoms with E-state index in [0.717, 1.165) is 0 Å². The summed E-state index contributed by atoms with van der Waals surface area (Å²) in [6.45, 7) is 7.67. The van der Waals surface area contributed by atoms with Crippen LogP contribution >= 0.6 is 23.2 Å². The van der Waals surface area contributed by atoms with Crippen LogP contribution in [0.15, 0.2) is 0 Å². The predicted octanol–water partition coefficient (Wildman–Crippen LogP) is 1.58. The van der Waals surface area contributed by atoms with Crippen molar-refractivity contribution >= 4 is 23.2 Å². The summed E-state index contributed by atoms with van der Waals surface area (Å²) in [6.07, 6.45) is 0. The van der Waals surface area contributed by atoms with Gasteiger partial charge in [-0.15, -0.1) is 23.2 Å². The minimum Gasteiger partial charge on any atom is -0.378 e. The average Bonchev–Trinajstić information content (AvgIpc) is 2.63. The number of hydrogen-bond acceptors (Lipinski definition) is 7. The Morgan fingerprint density at radius 2 is 0.440 bits per heavy atom. The zero-order chi connectivity index (χ0) is 18.3. The van der Waals surface area contributed by atoms with Gasteiger partial charge in [0.1, 0.15) is 0 Å². The standard InChI is InChI=1S/C16H32Cl2O7/c17-1-3-19-5-7-21-9-11-23-13-15-25-16-14-24-12-10-22-8-6-20-4-2-18/h1-16H2. The molecule has 0 aliphatic carbocycles. The number of rotatable bonds is 22. The van der Waals surface area contributed by atoms with Crippen molar-refractivity contribution in [3.63, 3.8) is 0 Å². The smallest absolute Gasteiger partial charge is 0.0701 e. The van der Waals surface area contributed by atoms with Gasteiger partial charge >= 0.3 is 0 Å². The molecule has 0 fully saturated rings. The van der Waals surface area contributed by atoms with Crippen molar-refractivity contribution in [3.05, 3.63) is 0 Å². The molecule has 0 aromatic rings. The van der Waals surface area contributed by atoms with E-state index in [1.165, 1.54) is 0 Å². The van der Waals surface area contributed by atoms with E-state index in [2.05, 4.69) is 0 Å². The molecule has 0 N–H and O–H groups in total. The molecule has 0 unspecified atom stereocenters. The van der Waals surface area contributed by atoms with Crippen molar-refractivity contribution in [2.24, 2.45) is 0 Å². The second-order valence-corrected chi connectivity index (χ2v) is 5.42. The summed E-state index contributed by atoms with van der Waals surface area (Å²) in [6, 6.07) is 0. The van der Waals surface area contributed by atoms with Gasteiger partial charge in [0.15, 0.2) is 0 Å². The Labute approximate surface area is 161 Å². The Kier molecular flexibility index (Phi) is 24.6. The van der Waals surface area contributed by atoms with Gasteiger partial charge in [0.05, 0.1) is 92.5 Å². The average molecular weight is 407 g/mol. The molecule has 0 amide bonds. The van der Waals surface area contributed by atoms with Crippen LogP contribution in [0.4, 0.5) is 0 Å². The van der Waals surface area contributed by atoms with Gasteiger partial charge in [0, 0.05) is 11.8 Å². The van der Waals surface area contributed by atoms with Crippen LogP contribution in [0, 0.1) is 0 Å². The molecule has 0 saturated heterocycles. The van der Waals surface area contributed by atoms with Gasteiger partial charge in [-0.3, -0.25) is 0 Å². The maximum absolute atomic E-state index is 5.47. The van der Waals surface area contributed by atoms with E-state index in [1.54, 1.807) is 0 Å². The summed E-state index contributed by atoms with van der Waals surface area (Å²) in [5.74, 6) is 1.01. The first kappa shape index (κ1) is 25.3. The second kappa shape index (κ2) is 24.3. The van der Waals surface area contributed by atoms with E-state index >= 15 is 0 Å². The molecule has 0 radical (unpaired) electrons. The van der Waals surface area contributed by atoms with Crippen molar-refractivity contribution in [1.82, 2.24) is 0 Å². The Hall–Kier alpha value is 0.300. The fourth-order valence-corrected chi connectivity index (χ4v) is 1.75. The molecule has 0 aromatic heterocycles. The molecule has 0 spiro atoms. The van der Waals surface area contributed by atoms with Crippen LogP contribution < -0.4 is 0 Å². The SMILES string of the molecule is ClCCOCCOCCOCCOCCOCCOCCOCCCl. The lowest BCUT2D eigenvalue weighted by molar-refractivity contribution is -0.0196. The molecule has 0 bridgehead atoms. The predicted molar refractivity (Wildman–Crippen MR) is 97.2 cm³/mol. The van der Waals surface area contributed by atoms with Crippen molar-refractivity contribution in [1.29, 1.82) is 0 Å². The Morgan fingerprint density at radius 1 is 0.280 bits per heavy atom. The van der Waals surface area contributed by atoms with E-state index in [1.807, 2.05) is 0 Å². The second-order valence-electron chi connectivity index (χ2n) is 4.66. The lowest BCUT2D eigenvalue weighted by atomic mass is 10.6. The van der Waals surface area contributed by atoms with E-state index in [4.69, 9.17) is 56.4 Å². The molecule has 0 aliphatic heterocycles. The molecule has 0 aromatic carbocycles. The summed E-state index contributed by atoms with van der Waals surface area (Å²) < 4.78 is 37.1. The van der Waals surface area contributed by atoms with E-state index < -0.39 is 0 Å². The van der Waals surface area contributed by atoms with Crippen LogP contribution in [-0.2, 0) is 33.2 Å². The largest absolute Gasteiger partial charge is 0.378 e. The van der Waals surface area contributed by atoms with Crippen LogP contribution in [0.3, 0.4) is 0 Å². The molecule has 0 rings (SSSR count). The van der Waals surface area contributed by atoms with Crippen molar-refractivity contribution < 1.29 is 33.2 Å². The minimum atomic E-state index is 0.507. The highest BCUT2D eigenvalue weighted by molar-refractivity contribution is 6.18. The summed E-state index contributed by atoms with van der Waals surface area (Å²) in [5.41, 5.74) is 0. The Bertz CT molecular complexity index is 217. The normalized spacial score (nSPS) is 11.3. The Morgan fingerprint density at radius 3 is 0.600 bits per heavy atom. The minimum absolute atomic E-state index is 0.507. The van der Waals surface area contributed by atoms with Gasteiger partial charge in [-0.1, -0.05) is 0 Å². The van der Waals surface area contributed by atoms with E-state index in [0.29, 0.717) is 104 Å². The third-order valence-corrected chi connectivity index (χ3v) is 2.98. The molecule has 0 aliphatic rings. The van der Waals surface area contributed by atoms with Gasteiger partial charge in [0.2, 0.25) is 0 Å². The molecule has 152 valence electrons. The third kappa shape index (κ3) is 24.3. The first-order valence-electron chi connectivity index (χ1n) is 8.58. The molecule has 0 heterocycles. The quantitative estimate of drug-likeness (QED) is 0.199. The molecule has 9 heteroatoms. The zero-order valence-corrected chi connectivity index (χ0v) is 16.4. The van der Waals surface area contributed by atoms with Crippen molar-refractivity contribution in [2.75, 3.05) is 104 Å². The van der Waals surface area contributed by atoms with E-state index in [9.17, 15) is 0 Å². The van der Waals surface area contributed by atoms with Crippen molar-refractivity contribution in [2.45, 2.75) is 0 Å². The van der Waals surface area contributed by atoms with Crippen LogP contribution in [0.25, 0.3) is 0 Å². The highest BCUT2D eigenvalue weighted by Crippen LogP contribution is 1.85. The summed E-state index contributed by atoms with van der Waals surface area (Å²) >= 11 is 10.9. The topological polar surface area (TPSA) is 64.6 Å². The number of halogens is 2. The molecular formula is C16H32Cl2O7. The summed E-state index contributed by atoms with van der Waals surface area (Å²) in [7, 11) is 0. The maximum atomic E-state index is 5.47. The van der Waals surface area contributed by atoms with Crippen LogP contribution in [0.2, 0.25) is 0 Å². The van der Waals surface area contributed by atoms with Gasteiger partial charge in [-0.05, 0) is 0 Å². The van der Waals surface area contributed by atoms with Crippen LogP contribution in [-0.4, -0.2) is 104 Å². The maximum Gasteiger partial charge on any atom is 0.0701 e. The monoisotopic (exact) mass is 406 g/mol. The number of ether oxygens (including phenoxy) is 7. The summed E-state index contributed by atoms with van der Waals surface area (Å²) in [4.78, 5) is 0. The first-order valence-corrected chi connectivity index (χ1v) is 9.65. The van der Waals surface area contributed by atoms with Crippen LogP contribution in [0.5, 0.6) is 0 Å². The molecular weight excluding hydrogens is 375 g/mol. The van der Waals surface area contributed by atoms with Crippen LogP contribution in [0.1, 0.15) is 0 Å². The van der Waals surface area contributed by atoms with Gasteiger partial charge in [-0.2, -0.15) is 0 Å². The Balaban J connectivity index is 2.94. The number of alkyl halides is 2. The molecule has 0 atom stereocenters. The summed E-state index contributed by atoms with van der Waals surface area (Å²) in [5, 5.41) is 0. The molecule has 0 saturated carbocycles. The highest BCUT2D eigenvalue weighted by atomic mass is 35.5. The van der Waals surface area contributed by atoms with Gasteiger partial charge < -0.3 is 33.2 Å². The van der Waals surface area contributed by atoms with E-state index in [-0.39, 0.29) is 0 Å². The number of hydrogen-bond donors (Lipinski definition) is 0. The third-order valence-electron chi connectivity index (χ3n) is 2.68. The lowest BCUT2D eigenvalue weighted by Gasteiger charge is -2.08. The molecule has 7 nitrogen and oxygen atoms in total. The highest BCUT2D eigenvalue weighted by Gasteiger charge is 1.94. The first-order chi connectivity index (χ1) is 12.4. The fraction of sp³-hybridized carbons (Fsp3) is 1.00. The fourth-order valence-electron chi connectivity index (χ4n) is 1.53.